The van der Waals surface area contributed by atoms with Gasteiger partial charge in [-0.3, -0.25) is 14.4 Å². The number of carbonyl (C=O) groups excluding carboxylic acids is 3. The van der Waals surface area contributed by atoms with Crippen molar-refractivity contribution in [3.05, 3.63) is 46.5 Å². The van der Waals surface area contributed by atoms with E-state index >= 15 is 0 Å². The molecule has 0 aliphatic heterocycles. The first-order valence-corrected chi connectivity index (χ1v) is 6.82. The third-order valence-electron chi connectivity index (χ3n) is 3.44. The van der Waals surface area contributed by atoms with Gasteiger partial charge >= 0.3 is 0 Å². The first-order chi connectivity index (χ1) is 11.1. The van der Waals surface area contributed by atoms with E-state index in [9.17, 15) is 34.8 Å². The summed E-state index contributed by atoms with van der Waals surface area (Å²) in [4.78, 5) is 35.5. The molecule has 124 valence electrons. The third-order valence-corrected chi connectivity index (χ3v) is 3.44. The molecule has 4 N–H and O–H groups in total. The summed E-state index contributed by atoms with van der Waals surface area (Å²) in [6.07, 6.45) is 0. The molecule has 24 heavy (non-hydrogen) atoms. The van der Waals surface area contributed by atoms with E-state index in [1.165, 1.54) is 0 Å². The minimum Gasteiger partial charge on any atom is -0.508 e. The number of rotatable bonds is 4. The molecule has 0 aromatic heterocycles. The van der Waals surface area contributed by atoms with Crippen LogP contribution >= 0.6 is 0 Å². The van der Waals surface area contributed by atoms with Crippen molar-refractivity contribution >= 4 is 17.3 Å². The Bertz CT molecular complexity index is 809. The zero-order chi connectivity index (χ0) is 18.2. The summed E-state index contributed by atoms with van der Waals surface area (Å²) >= 11 is 0. The number of hydrogen-bond acceptors (Lipinski definition) is 7. The van der Waals surface area contributed by atoms with Crippen LogP contribution in [0.1, 0.15) is 50.5 Å². The SMILES string of the molecule is CC(=O)c1cc(O)cc(C(=O)c2cc(O)cc(C(C)=O)c2O)c1O. The van der Waals surface area contributed by atoms with E-state index in [2.05, 4.69) is 0 Å². The number of carbonyl (C=O) groups is 3. The van der Waals surface area contributed by atoms with Crippen LogP contribution < -0.4 is 0 Å². The maximum atomic E-state index is 12.6. The molecule has 2 rings (SSSR count). The van der Waals surface area contributed by atoms with Crippen LogP contribution in [0.15, 0.2) is 24.3 Å². The van der Waals surface area contributed by atoms with E-state index in [1.54, 1.807) is 0 Å². The maximum absolute atomic E-state index is 12.6. The van der Waals surface area contributed by atoms with Gasteiger partial charge in [-0.05, 0) is 38.1 Å². The quantitative estimate of drug-likeness (QED) is 0.498. The standard InChI is InChI=1S/C17H14O7/c1-7(18)11-3-9(20)5-13(15(11)22)17(24)14-6-10(21)4-12(8(2)19)16(14)23/h3-6,20-23H,1-2H3. The third kappa shape index (κ3) is 2.91. The highest BCUT2D eigenvalue weighted by Crippen LogP contribution is 2.35. The van der Waals surface area contributed by atoms with Gasteiger partial charge in [0.25, 0.3) is 0 Å². The lowest BCUT2D eigenvalue weighted by Crippen LogP contribution is -2.07. The lowest BCUT2D eigenvalue weighted by atomic mass is 9.95. The van der Waals surface area contributed by atoms with Gasteiger partial charge in [-0.15, -0.1) is 0 Å². The predicted molar refractivity (Wildman–Crippen MR) is 83.0 cm³/mol. The predicted octanol–water partition coefficient (Wildman–Crippen LogP) is 2.15. The summed E-state index contributed by atoms with van der Waals surface area (Å²) in [5.74, 6) is -4.35. The lowest BCUT2D eigenvalue weighted by Gasteiger charge is -2.11. The van der Waals surface area contributed by atoms with E-state index in [-0.39, 0.29) is 11.1 Å². The fourth-order valence-electron chi connectivity index (χ4n) is 2.27. The summed E-state index contributed by atoms with van der Waals surface area (Å²) in [6.45, 7) is 2.28. The molecule has 7 nitrogen and oxygen atoms in total. The molecule has 0 aliphatic rings. The Morgan fingerprint density at radius 2 is 0.917 bits per heavy atom. The van der Waals surface area contributed by atoms with Gasteiger partial charge in [-0.2, -0.15) is 0 Å². The Hall–Kier alpha value is -3.35. The topological polar surface area (TPSA) is 132 Å². The highest BCUT2D eigenvalue weighted by molar-refractivity contribution is 6.16. The summed E-state index contributed by atoms with van der Waals surface area (Å²) < 4.78 is 0. The van der Waals surface area contributed by atoms with Crippen molar-refractivity contribution in [3.8, 4) is 23.0 Å². The molecule has 0 heterocycles. The van der Waals surface area contributed by atoms with Crippen molar-refractivity contribution in [3.63, 3.8) is 0 Å². The highest BCUT2D eigenvalue weighted by atomic mass is 16.3. The van der Waals surface area contributed by atoms with Gasteiger partial charge < -0.3 is 20.4 Å². The van der Waals surface area contributed by atoms with Crippen LogP contribution in [-0.2, 0) is 0 Å². The Balaban J connectivity index is 2.71. The molecular formula is C17H14O7. The number of benzene rings is 2. The molecule has 0 spiro atoms. The fraction of sp³-hybridized carbons (Fsp3) is 0.118. The van der Waals surface area contributed by atoms with Crippen LogP contribution in [0.25, 0.3) is 0 Å². The molecule has 0 atom stereocenters. The minimum atomic E-state index is -0.971. The second kappa shape index (κ2) is 6.04. The summed E-state index contributed by atoms with van der Waals surface area (Å²) in [5, 5.41) is 39.5. The number of Topliss-reactive ketones (excluding diaryl/α,β-unsaturated/α-hetero) is 2. The molecule has 0 bridgehead atoms. The second-order valence-corrected chi connectivity index (χ2v) is 5.22. The van der Waals surface area contributed by atoms with Crippen LogP contribution in [0.2, 0.25) is 0 Å². The van der Waals surface area contributed by atoms with Crippen molar-refractivity contribution in [2.75, 3.05) is 0 Å². The van der Waals surface area contributed by atoms with Crippen molar-refractivity contribution in [1.29, 1.82) is 0 Å². The van der Waals surface area contributed by atoms with Crippen LogP contribution in [-0.4, -0.2) is 37.8 Å². The van der Waals surface area contributed by atoms with Gasteiger partial charge in [0.1, 0.15) is 23.0 Å². The van der Waals surface area contributed by atoms with Crippen LogP contribution in [0.4, 0.5) is 0 Å². The first-order valence-electron chi connectivity index (χ1n) is 6.82. The summed E-state index contributed by atoms with van der Waals surface area (Å²) in [5.41, 5.74) is -1.44. The first kappa shape index (κ1) is 17.0. The largest absolute Gasteiger partial charge is 0.508 e. The van der Waals surface area contributed by atoms with Crippen molar-refractivity contribution in [2.24, 2.45) is 0 Å². The number of phenolic OH excluding ortho intramolecular Hbond substituents is 4. The smallest absolute Gasteiger partial charge is 0.200 e. The normalized spacial score (nSPS) is 10.4. The van der Waals surface area contributed by atoms with Crippen LogP contribution in [0, 0.1) is 0 Å². The molecular weight excluding hydrogens is 316 g/mol. The van der Waals surface area contributed by atoms with Gasteiger partial charge in [0, 0.05) is 0 Å². The van der Waals surface area contributed by atoms with Crippen molar-refractivity contribution < 1.29 is 34.8 Å². The Morgan fingerprint density at radius 3 is 1.21 bits per heavy atom. The van der Waals surface area contributed by atoms with Crippen molar-refractivity contribution in [2.45, 2.75) is 13.8 Å². The van der Waals surface area contributed by atoms with Gasteiger partial charge in [-0.1, -0.05) is 0 Å². The second-order valence-electron chi connectivity index (χ2n) is 5.22. The van der Waals surface area contributed by atoms with Gasteiger partial charge in [0.05, 0.1) is 22.3 Å². The van der Waals surface area contributed by atoms with E-state index in [1.807, 2.05) is 0 Å². The van der Waals surface area contributed by atoms with E-state index in [0.717, 1.165) is 38.1 Å². The average Bonchev–Trinajstić information content (AvgIpc) is 2.49. The van der Waals surface area contributed by atoms with Gasteiger partial charge in [-0.25, -0.2) is 0 Å². The maximum Gasteiger partial charge on any atom is 0.200 e. The molecule has 0 saturated carbocycles. The van der Waals surface area contributed by atoms with E-state index in [0.29, 0.717) is 0 Å². The summed E-state index contributed by atoms with van der Waals surface area (Å²) in [6, 6.07) is 3.83. The Kier molecular flexibility index (Phi) is 4.28. The number of aromatic hydroxyl groups is 4. The number of phenols is 4. The molecule has 7 heteroatoms. The molecule has 2 aromatic carbocycles. The van der Waals surface area contributed by atoms with E-state index in [4.69, 9.17) is 0 Å². The Labute approximate surface area is 136 Å². The number of ketones is 3. The molecule has 0 aliphatic carbocycles. The molecule has 0 fully saturated rings. The average molecular weight is 330 g/mol. The number of hydrogen-bond donors (Lipinski definition) is 4. The highest BCUT2D eigenvalue weighted by Gasteiger charge is 2.24. The van der Waals surface area contributed by atoms with Crippen molar-refractivity contribution in [1.82, 2.24) is 0 Å². The van der Waals surface area contributed by atoms with Crippen LogP contribution in [0.5, 0.6) is 23.0 Å². The van der Waals surface area contributed by atoms with Gasteiger partial charge in [0.15, 0.2) is 11.6 Å². The fourth-order valence-corrected chi connectivity index (χ4v) is 2.27. The molecule has 2 aromatic rings. The zero-order valence-electron chi connectivity index (χ0n) is 12.8. The zero-order valence-corrected chi connectivity index (χ0v) is 12.8. The molecule has 0 radical (unpaired) electrons. The molecule has 0 unspecified atom stereocenters. The Morgan fingerprint density at radius 1 is 0.625 bits per heavy atom. The minimum absolute atomic E-state index is 0.273. The van der Waals surface area contributed by atoms with Crippen LogP contribution in [0.3, 0.4) is 0 Å². The molecule has 0 amide bonds. The van der Waals surface area contributed by atoms with E-state index < -0.39 is 51.5 Å². The molecule has 0 saturated heterocycles. The summed E-state index contributed by atoms with van der Waals surface area (Å²) in [7, 11) is 0. The van der Waals surface area contributed by atoms with Gasteiger partial charge in [0.2, 0.25) is 5.78 Å². The monoisotopic (exact) mass is 330 g/mol. The lowest BCUT2D eigenvalue weighted by molar-refractivity contribution is 0.100.